The second-order valence-electron chi connectivity index (χ2n) is 4.12. The summed E-state index contributed by atoms with van der Waals surface area (Å²) in [6, 6.07) is 11.9. The predicted molar refractivity (Wildman–Crippen MR) is 72.5 cm³/mol. The highest BCUT2D eigenvalue weighted by molar-refractivity contribution is 8.00. The molecule has 0 spiro atoms. The molecule has 0 radical (unpaired) electrons. The van der Waals surface area contributed by atoms with Crippen LogP contribution >= 0.6 is 23.4 Å². The van der Waals surface area contributed by atoms with E-state index in [1.165, 1.54) is 4.90 Å². The van der Waals surface area contributed by atoms with Crippen LogP contribution in [0.2, 0.25) is 5.02 Å². The van der Waals surface area contributed by atoms with E-state index in [2.05, 4.69) is 17.2 Å². The van der Waals surface area contributed by atoms with Gasteiger partial charge in [-0.1, -0.05) is 29.4 Å². The van der Waals surface area contributed by atoms with Gasteiger partial charge < -0.3 is 5.32 Å². The number of thioether (sulfide) groups is 1. The third-order valence-corrected chi connectivity index (χ3v) is 4.31. The van der Waals surface area contributed by atoms with Crippen molar-refractivity contribution in [1.29, 1.82) is 0 Å². The largest absolute Gasteiger partial charge is 0.365 e. The van der Waals surface area contributed by atoms with Crippen LogP contribution < -0.4 is 5.32 Å². The van der Waals surface area contributed by atoms with E-state index in [1.807, 2.05) is 42.6 Å². The molecule has 4 heteroatoms. The molecule has 0 amide bonds. The van der Waals surface area contributed by atoms with Crippen molar-refractivity contribution in [3.8, 4) is 0 Å². The SMILES string of the molecule is CC1(c2ccccn2)Nc2cc(Cl)ccc2S1. The van der Waals surface area contributed by atoms with Crippen molar-refractivity contribution in [2.24, 2.45) is 0 Å². The lowest BCUT2D eigenvalue weighted by Crippen LogP contribution is -2.24. The van der Waals surface area contributed by atoms with E-state index in [0.29, 0.717) is 0 Å². The Kier molecular flexibility index (Phi) is 2.53. The zero-order chi connectivity index (χ0) is 11.9. The Morgan fingerprint density at radius 1 is 1.29 bits per heavy atom. The van der Waals surface area contributed by atoms with Gasteiger partial charge in [-0.2, -0.15) is 0 Å². The zero-order valence-corrected chi connectivity index (χ0v) is 10.8. The summed E-state index contributed by atoms with van der Waals surface area (Å²) in [6.45, 7) is 2.13. The Hall–Kier alpha value is -1.19. The molecule has 1 aliphatic heterocycles. The Balaban J connectivity index is 2.00. The lowest BCUT2D eigenvalue weighted by atomic mass is 10.2. The molecule has 0 saturated carbocycles. The van der Waals surface area contributed by atoms with Crippen LogP contribution in [0.4, 0.5) is 5.69 Å². The molecular formula is C13H11ClN2S. The summed E-state index contributed by atoms with van der Waals surface area (Å²) in [5.74, 6) is 0. The first-order chi connectivity index (χ1) is 8.17. The Morgan fingerprint density at radius 2 is 2.18 bits per heavy atom. The Bertz CT molecular complexity index is 559. The summed E-state index contributed by atoms with van der Waals surface area (Å²) in [4.78, 5) is 5.42. The van der Waals surface area contributed by atoms with Crippen LogP contribution in [0.3, 0.4) is 0 Å². The summed E-state index contributed by atoms with van der Waals surface area (Å²) >= 11 is 7.77. The maximum atomic E-state index is 6.00. The maximum absolute atomic E-state index is 6.00. The normalized spacial score (nSPS) is 22.0. The molecule has 86 valence electrons. The van der Waals surface area contributed by atoms with Crippen LogP contribution in [-0.4, -0.2) is 4.98 Å². The van der Waals surface area contributed by atoms with Gasteiger partial charge in [0.2, 0.25) is 0 Å². The summed E-state index contributed by atoms with van der Waals surface area (Å²) in [7, 11) is 0. The minimum Gasteiger partial charge on any atom is -0.365 e. The Morgan fingerprint density at radius 3 is 2.94 bits per heavy atom. The van der Waals surface area contributed by atoms with Crippen molar-refractivity contribution in [3.63, 3.8) is 0 Å². The number of hydrogen-bond acceptors (Lipinski definition) is 3. The number of fused-ring (bicyclic) bond motifs is 1. The molecular weight excluding hydrogens is 252 g/mol. The van der Waals surface area contributed by atoms with Crippen LogP contribution in [0, 0.1) is 0 Å². The minimum atomic E-state index is -0.214. The van der Waals surface area contributed by atoms with Gasteiger partial charge in [-0.15, -0.1) is 0 Å². The first-order valence-corrected chi connectivity index (χ1v) is 6.55. The van der Waals surface area contributed by atoms with Gasteiger partial charge in [0, 0.05) is 16.1 Å². The van der Waals surface area contributed by atoms with Crippen molar-refractivity contribution in [1.82, 2.24) is 4.98 Å². The molecule has 17 heavy (non-hydrogen) atoms. The minimum absolute atomic E-state index is 0.214. The first-order valence-electron chi connectivity index (χ1n) is 5.36. The van der Waals surface area contributed by atoms with E-state index in [-0.39, 0.29) is 4.87 Å². The summed E-state index contributed by atoms with van der Waals surface area (Å²) in [6.07, 6.45) is 1.82. The number of aromatic nitrogens is 1. The topological polar surface area (TPSA) is 24.9 Å². The summed E-state index contributed by atoms with van der Waals surface area (Å²) < 4.78 is 0. The maximum Gasteiger partial charge on any atom is 0.128 e. The van der Waals surface area contributed by atoms with Crippen LogP contribution in [-0.2, 0) is 4.87 Å². The van der Waals surface area contributed by atoms with E-state index >= 15 is 0 Å². The standard InChI is InChI=1S/C13H11ClN2S/c1-13(12-4-2-3-7-15-12)16-10-8-9(14)5-6-11(10)17-13/h2-8,16H,1H3. The lowest BCUT2D eigenvalue weighted by molar-refractivity contribution is 0.777. The number of rotatable bonds is 1. The second kappa shape index (κ2) is 3.93. The zero-order valence-electron chi connectivity index (χ0n) is 9.27. The summed E-state index contributed by atoms with van der Waals surface area (Å²) in [5.41, 5.74) is 2.10. The van der Waals surface area contributed by atoms with Gasteiger partial charge in [-0.3, -0.25) is 4.98 Å². The second-order valence-corrected chi connectivity index (χ2v) is 6.01. The number of anilines is 1. The van der Waals surface area contributed by atoms with E-state index in [9.17, 15) is 0 Å². The predicted octanol–water partition coefficient (Wildman–Crippen LogP) is 4.13. The highest BCUT2D eigenvalue weighted by Gasteiger charge is 2.35. The number of benzene rings is 1. The highest BCUT2D eigenvalue weighted by atomic mass is 35.5. The first kappa shape index (κ1) is 10.9. The van der Waals surface area contributed by atoms with Crippen LogP contribution in [0.15, 0.2) is 47.5 Å². The molecule has 1 aliphatic rings. The number of hydrogen-bond donors (Lipinski definition) is 1. The summed E-state index contributed by atoms with van der Waals surface area (Å²) in [5, 5.41) is 4.24. The molecule has 0 bridgehead atoms. The van der Waals surface area contributed by atoms with Gasteiger partial charge >= 0.3 is 0 Å². The fraction of sp³-hybridized carbons (Fsp3) is 0.154. The molecule has 1 unspecified atom stereocenters. The van der Waals surface area contributed by atoms with Crippen molar-refractivity contribution >= 4 is 29.1 Å². The molecule has 2 heterocycles. The van der Waals surface area contributed by atoms with Crippen molar-refractivity contribution < 1.29 is 0 Å². The van der Waals surface area contributed by atoms with Crippen molar-refractivity contribution in [2.45, 2.75) is 16.7 Å². The molecule has 2 aromatic rings. The fourth-order valence-corrected chi connectivity index (χ4v) is 3.31. The molecule has 1 aromatic carbocycles. The monoisotopic (exact) mass is 262 g/mol. The quantitative estimate of drug-likeness (QED) is 0.837. The highest BCUT2D eigenvalue weighted by Crippen LogP contribution is 2.50. The van der Waals surface area contributed by atoms with Gasteiger partial charge in [0.25, 0.3) is 0 Å². The Labute approximate surface area is 109 Å². The van der Waals surface area contributed by atoms with Gasteiger partial charge in [0.05, 0.1) is 11.4 Å². The number of pyridine rings is 1. The average molecular weight is 263 g/mol. The van der Waals surface area contributed by atoms with Gasteiger partial charge in [-0.25, -0.2) is 0 Å². The van der Waals surface area contributed by atoms with Crippen molar-refractivity contribution in [2.75, 3.05) is 5.32 Å². The average Bonchev–Trinajstić information content (AvgIpc) is 2.67. The molecule has 0 aliphatic carbocycles. The molecule has 2 nitrogen and oxygen atoms in total. The third-order valence-electron chi connectivity index (χ3n) is 2.78. The molecule has 0 saturated heterocycles. The third kappa shape index (κ3) is 1.90. The number of nitrogens with zero attached hydrogens (tertiary/aromatic N) is 1. The van der Waals surface area contributed by atoms with E-state index in [4.69, 9.17) is 11.6 Å². The van der Waals surface area contributed by atoms with E-state index < -0.39 is 0 Å². The van der Waals surface area contributed by atoms with Gasteiger partial charge in [0.1, 0.15) is 4.87 Å². The molecule has 1 atom stereocenters. The van der Waals surface area contributed by atoms with Gasteiger partial charge in [-0.05, 0) is 37.3 Å². The van der Waals surface area contributed by atoms with Crippen LogP contribution in [0.25, 0.3) is 0 Å². The fourth-order valence-electron chi connectivity index (χ4n) is 1.95. The van der Waals surface area contributed by atoms with Crippen molar-refractivity contribution in [3.05, 3.63) is 53.3 Å². The van der Waals surface area contributed by atoms with Crippen LogP contribution in [0.5, 0.6) is 0 Å². The molecule has 3 rings (SSSR count). The molecule has 0 fully saturated rings. The number of nitrogens with one attached hydrogen (secondary N) is 1. The molecule has 1 N–H and O–H groups in total. The van der Waals surface area contributed by atoms with Crippen LogP contribution in [0.1, 0.15) is 12.6 Å². The number of halogens is 1. The molecule has 1 aromatic heterocycles. The lowest BCUT2D eigenvalue weighted by Gasteiger charge is -2.23. The van der Waals surface area contributed by atoms with E-state index in [0.717, 1.165) is 16.4 Å². The smallest absolute Gasteiger partial charge is 0.128 e. The van der Waals surface area contributed by atoms with E-state index in [1.54, 1.807) is 11.8 Å². The van der Waals surface area contributed by atoms with Gasteiger partial charge in [0.15, 0.2) is 0 Å².